The lowest BCUT2D eigenvalue weighted by atomic mass is 9.93. The van der Waals surface area contributed by atoms with Gasteiger partial charge in [-0.1, -0.05) is 12.8 Å². The van der Waals surface area contributed by atoms with Crippen LogP contribution in [0.15, 0.2) is 12.3 Å². The molecule has 1 saturated carbocycles. The van der Waals surface area contributed by atoms with Gasteiger partial charge in [0.05, 0.1) is 18.2 Å². The summed E-state index contributed by atoms with van der Waals surface area (Å²) in [6, 6.07) is 2.59. The van der Waals surface area contributed by atoms with Gasteiger partial charge in [-0.15, -0.1) is 0 Å². The van der Waals surface area contributed by atoms with E-state index >= 15 is 0 Å². The fourth-order valence-electron chi connectivity index (χ4n) is 3.54. The molecular weight excluding hydrogens is 250 g/mol. The standard InChI is InChI=1S/C16H25N3O/c20-16(10-13-4-3-8-17-12-13)11-14-7-9-19(18-14)15-5-1-2-6-15/h7,9,13,15,17H,1-6,8,10-12H2. The van der Waals surface area contributed by atoms with E-state index in [1.165, 1.54) is 38.5 Å². The van der Waals surface area contributed by atoms with Gasteiger partial charge in [-0.05, 0) is 50.8 Å². The molecule has 20 heavy (non-hydrogen) atoms. The molecule has 0 spiro atoms. The van der Waals surface area contributed by atoms with Crippen LogP contribution in [0.2, 0.25) is 0 Å². The Morgan fingerprint density at radius 1 is 1.30 bits per heavy atom. The van der Waals surface area contributed by atoms with E-state index in [0.29, 0.717) is 30.6 Å². The number of ketones is 1. The van der Waals surface area contributed by atoms with Gasteiger partial charge in [0, 0.05) is 12.6 Å². The van der Waals surface area contributed by atoms with Gasteiger partial charge in [-0.25, -0.2) is 0 Å². The first-order valence-electron chi connectivity index (χ1n) is 8.08. The fraction of sp³-hybridized carbons (Fsp3) is 0.750. The largest absolute Gasteiger partial charge is 0.316 e. The van der Waals surface area contributed by atoms with Crippen molar-refractivity contribution in [3.05, 3.63) is 18.0 Å². The van der Waals surface area contributed by atoms with Crippen LogP contribution in [-0.4, -0.2) is 28.7 Å². The topological polar surface area (TPSA) is 46.9 Å². The molecule has 1 aliphatic carbocycles. The van der Waals surface area contributed by atoms with Gasteiger partial charge in [-0.2, -0.15) is 5.10 Å². The molecule has 110 valence electrons. The lowest BCUT2D eigenvalue weighted by Crippen LogP contribution is -2.31. The van der Waals surface area contributed by atoms with E-state index in [0.717, 1.165) is 18.8 Å². The number of nitrogens with one attached hydrogen (secondary N) is 1. The Morgan fingerprint density at radius 3 is 2.90 bits per heavy atom. The number of aromatic nitrogens is 2. The smallest absolute Gasteiger partial charge is 0.139 e. The van der Waals surface area contributed by atoms with Crippen LogP contribution in [0.3, 0.4) is 0 Å². The molecule has 4 heteroatoms. The van der Waals surface area contributed by atoms with Crippen LogP contribution in [-0.2, 0) is 11.2 Å². The lowest BCUT2D eigenvalue weighted by molar-refractivity contribution is -0.119. The van der Waals surface area contributed by atoms with E-state index in [2.05, 4.69) is 21.3 Å². The van der Waals surface area contributed by atoms with Crippen LogP contribution in [0.25, 0.3) is 0 Å². The molecule has 1 aromatic heterocycles. The second kappa shape index (κ2) is 6.53. The van der Waals surface area contributed by atoms with Gasteiger partial charge >= 0.3 is 0 Å². The van der Waals surface area contributed by atoms with Gasteiger partial charge < -0.3 is 5.32 Å². The van der Waals surface area contributed by atoms with E-state index in [4.69, 9.17) is 0 Å². The Labute approximate surface area is 120 Å². The van der Waals surface area contributed by atoms with E-state index in [1.807, 2.05) is 6.07 Å². The summed E-state index contributed by atoms with van der Waals surface area (Å²) in [6.07, 6.45) is 10.8. The van der Waals surface area contributed by atoms with Crippen LogP contribution in [0.5, 0.6) is 0 Å². The molecule has 1 aliphatic heterocycles. The fourth-order valence-corrected chi connectivity index (χ4v) is 3.54. The predicted octanol–water partition coefficient (Wildman–Crippen LogP) is 2.50. The molecule has 0 bridgehead atoms. The molecule has 1 aromatic rings. The Hall–Kier alpha value is -1.16. The van der Waals surface area contributed by atoms with E-state index in [-0.39, 0.29) is 0 Å². The highest BCUT2D eigenvalue weighted by molar-refractivity contribution is 5.80. The molecule has 0 aromatic carbocycles. The van der Waals surface area contributed by atoms with Crippen LogP contribution in [0.1, 0.15) is 56.7 Å². The summed E-state index contributed by atoms with van der Waals surface area (Å²) < 4.78 is 2.08. The first kappa shape index (κ1) is 13.8. The zero-order chi connectivity index (χ0) is 13.8. The summed E-state index contributed by atoms with van der Waals surface area (Å²) in [6.45, 7) is 2.11. The number of Topliss-reactive ketones (excluding diaryl/α,β-unsaturated/α-hetero) is 1. The van der Waals surface area contributed by atoms with Crippen molar-refractivity contribution in [3.63, 3.8) is 0 Å². The SMILES string of the molecule is O=C(Cc1ccn(C2CCCC2)n1)CC1CCCNC1. The van der Waals surface area contributed by atoms with Crippen molar-refractivity contribution in [2.75, 3.05) is 13.1 Å². The first-order valence-corrected chi connectivity index (χ1v) is 8.08. The summed E-state index contributed by atoms with van der Waals surface area (Å²) in [4.78, 5) is 12.1. The van der Waals surface area contributed by atoms with Gasteiger partial charge in [0.1, 0.15) is 5.78 Å². The first-order chi connectivity index (χ1) is 9.81. The summed E-state index contributed by atoms with van der Waals surface area (Å²) in [5.74, 6) is 0.878. The highest BCUT2D eigenvalue weighted by Gasteiger charge is 2.20. The summed E-state index contributed by atoms with van der Waals surface area (Å²) in [5, 5.41) is 7.98. The number of hydrogen-bond acceptors (Lipinski definition) is 3. The number of hydrogen-bond donors (Lipinski definition) is 1. The lowest BCUT2D eigenvalue weighted by Gasteiger charge is -2.21. The maximum atomic E-state index is 12.1. The van der Waals surface area contributed by atoms with E-state index < -0.39 is 0 Å². The highest BCUT2D eigenvalue weighted by atomic mass is 16.1. The van der Waals surface area contributed by atoms with E-state index in [1.54, 1.807) is 0 Å². The molecule has 3 rings (SSSR count). The molecule has 0 amide bonds. The third kappa shape index (κ3) is 3.48. The Bertz CT molecular complexity index is 442. The molecule has 1 saturated heterocycles. The highest BCUT2D eigenvalue weighted by Crippen LogP contribution is 2.28. The molecule has 2 heterocycles. The van der Waals surface area contributed by atoms with Crippen molar-refractivity contribution in [3.8, 4) is 0 Å². The quantitative estimate of drug-likeness (QED) is 0.898. The maximum Gasteiger partial charge on any atom is 0.139 e. The van der Waals surface area contributed by atoms with Crippen molar-refractivity contribution >= 4 is 5.78 Å². The Morgan fingerprint density at radius 2 is 2.15 bits per heavy atom. The number of carbonyl (C=O) groups is 1. The van der Waals surface area contributed by atoms with Crippen LogP contribution < -0.4 is 5.32 Å². The number of rotatable bonds is 5. The Kier molecular flexibility index (Phi) is 4.51. The average Bonchev–Trinajstić information content (AvgIpc) is 3.10. The van der Waals surface area contributed by atoms with Gasteiger partial charge in [-0.3, -0.25) is 9.48 Å². The molecule has 1 N–H and O–H groups in total. The molecule has 4 nitrogen and oxygen atoms in total. The summed E-state index contributed by atoms with van der Waals surface area (Å²) in [7, 11) is 0. The second-order valence-corrected chi connectivity index (χ2v) is 6.36. The van der Waals surface area contributed by atoms with Gasteiger partial charge in [0.2, 0.25) is 0 Å². The third-order valence-electron chi connectivity index (χ3n) is 4.66. The summed E-state index contributed by atoms with van der Waals surface area (Å²) >= 11 is 0. The van der Waals surface area contributed by atoms with Crippen LogP contribution in [0.4, 0.5) is 0 Å². The summed E-state index contributed by atoms with van der Waals surface area (Å²) in [5.41, 5.74) is 0.950. The van der Waals surface area contributed by atoms with E-state index in [9.17, 15) is 4.79 Å². The predicted molar refractivity (Wildman–Crippen MR) is 78.7 cm³/mol. The maximum absolute atomic E-state index is 12.1. The third-order valence-corrected chi connectivity index (χ3v) is 4.66. The van der Waals surface area contributed by atoms with Crippen LogP contribution in [0, 0.1) is 5.92 Å². The average molecular weight is 275 g/mol. The van der Waals surface area contributed by atoms with Gasteiger partial charge in [0.25, 0.3) is 0 Å². The number of piperidine rings is 1. The molecule has 2 fully saturated rings. The number of carbonyl (C=O) groups excluding carboxylic acids is 1. The second-order valence-electron chi connectivity index (χ2n) is 6.36. The minimum atomic E-state index is 0.343. The molecule has 2 aliphatic rings. The molecule has 1 atom stereocenters. The zero-order valence-corrected chi connectivity index (χ0v) is 12.2. The van der Waals surface area contributed by atoms with Crippen molar-refractivity contribution in [1.82, 2.24) is 15.1 Å². The van der Waals surface area contributed by atoms with Crippen molar-refractivity contribution < 1.29 is 4.79 Å². The molecular formula is C16H25N3O. The normalized spacial score (nSPS) is 24.1. The van der Waals surface area contributed by atoms with Crippen LogP contribution >= 0.6 is 0 Å². The molecule has 1 unspecified atom stereocenters. The molecule has 0 radical (unpaired) electrons. The Balaban J connectivity index is 1.50. The zero-order valence-electron chi connectivity index (χ0n) is 12.2. The van der Waals surface area contributed by atoms with Crippen molar-refractivity contribution in [2.45, 2.75) is 57.4 Å². The monoisotopic (exact) mass is 275 g/mol. The number of nitrogens with zero attached hydrogens (tertiary/aromatic N) is 2. The van der Waals surface area contributed by atoms with Crippen molar-refractivity contribution in [2.24, 2.45) is 5.92 Å². The minimum absolute atomic E-state index is 0.343. The van der Waals surface area contributed by atoms with Crippen molar-refractivity contribution in [1.29, 1.82) is 0 Å². The van der Waals surface area contributed by atoms with Gasteiger partial charge in [0.15, 0.2) is 0 Å². The minimum Gasteiger partial charge on any atom is -0.316 e.